The molecule has 7 nitrogen and oxygen atoms in total. The van der Waals surface area contributed by atoms with Crippen molar-refractivity contribution in [3.63, 3.8) is 0 Å². The van der Waals surface area contributed by atoms with Gasteiger partial charge in [-0.25, -0.2) is 16.8 Å². The summed E-state index contributed by atoms with van der Waals surface area (Å²) >= 11 is 0. The number of hydrogen-bond donors (Lipinski definition) is 1. The zero-order valence-corrected chi connectivity index (χ0v) is 11.8. The Hall–Kier alpha value is -1.11. The van der Waals surface area contributed by atoms with Gasteiger partial charge in [0.25, 0.3) is 0 Å². The van der Waals surface area contributed by atoms with Crippen molar-refractivity contribution < 1.29 is 26.7 Å². The lowest BCUT2D eigenvalue weighted by atomic mass is 10.2. The average Bonchev–Trinajstić information content (AvgIpc) is 2.27. The number of carbonyl (C=O) groups is 1. The van der Waals surface area contributed by atoms with Crippen molar-refractivity contribution >= 4 is 25.8 Å². The molecule has 1 N–H and O–H groups in total. The summed E-state index contributed by atoms with van der Waals surface area (Å²) in [4.78, 5) is 10.6. The summed E-state index contributed by atoms with van der Waals surface area (Å²) in [6, 6.07) is 0. The molecule has 1 saturated heterocycles. The first-order valence-corrected chi connectivity index (χ1v) is 8.86. The van der Waals surface area contributed by atoms with Gasteiger partial charge in [0.15, 0.2) is 0 Å². The van der Waals surface area contributed by atoms with Gasteiger partial charge in [0.1, 0.15) is 16.4 Å². The number of rotatable bonds is 5. The highest BCUT2D eigenvalue weighted by Gasteiger charge is 2.37. The number of carboxylic acid groups (broad SMARTS) is 1. The molecule has 1 aliphatic rings. The number of sulfonamides is 1. The van der Waals surface area contributed by atoms with Gasteiger partial charge < -0.3 is 5.11 Å². The van der Waals surface area contributed by atoms with Crippen LogP contribution in [0.1, 0.15) is 12.8 Å². The molecule has 0 amide bonds. The van der Waals surface area contributed by atoms with E-state index < -0.39 is 37.6 Å². The molecule has 0 aromatic carbocycles. The van der Waals surface area contributed by atoms with E-state index in [2.05, 4.69) is 5.92 Å². The maximum atomic E-state index is 12.2. The molecule has 0 saturated carbocycles. The van der Waals surface area contributed by atoms with Gasteiger partial charge in [0, 0.05) is 0 Å². The Bertz CT molecular complexity index is 572. The molecule has 1 aliphatic heterocycles. The number of nitrogens with zero attached hydrogens (tertiary/aromatic N) is 1. The lowest BCUT2D eigenvalue weighted by Crippen LogP contribution is -2.44. The van der Waals surface area contributed by atoms with E-state index in [0.717, 1.165) is 0 Å². The second-order valence-corrected chi connectivity index (χ2v) is 8.78. The van der Waals surface area contributed by atoms with E-state index in [1.165, 1.54) is 0 Å². The molecule has 19 heavy (non-hydrogen) atoms. The van der Waals surface area contributed by atoms with E-state index in [4.69, 9.17) is 11.5 Å². The summed E-state index contributed by atoms with van der Waals surface area (Å²) in [5.41, 5.74) is 0. The highest BCUT2D eigenvalue weighted by Crippen LogP contribution is 2.22. The Morgan fingerprint density at radius 1 is 1.37 bits per heavy atom. The second-order valence-electron chi connectivity index (χ2n) is 4.26. The molecule has 9 heteroatoms. The molecule has 0 aromatic rings. The number of terminal acetylenes is 1. The zero-order valence-electron chi connectivity index (χ0n) is 10.1. The maximum Gasteiger partial charge on any atom is 0.318 e. The van der Waals surface area contributed by atoms with Gasteiger partial charge in [-0.1, -0.05) is 5.92 Å². The van der Waals surface area contributed by atoms with Gasteiger partial charge in [0.05, 0.1) is 23.3 Å². The first-order chi connectivity index (χ1) is 8.69. The molecule has 1 fully saturated rings. The molecule has 0 aromatic heterocycles. The van der Waals surface area contributed by atoms with Gasteiger partial charge in [-0.3, -0.25) is 4.79 Å². The fraction of sp³-hybridized carbons (Fsp3) is 0.700. The minimum Gasteiger partial charge on any atom is -0.480 e. The van der Waals surface area contributed by atoms with Crippen LogP contribution >= 0.6 is 0 Å². The molecule has 1 rings (SSSR count). The molecule has 0 spiro atoms. The normalized spacial score (nSPS) is 20.0. The predicted octanol–water partition coefficient (Wildman–Crippen LogP) is -1.09. The van der Waals surface area contributed by atoms with Crippen molar-refractivity contribution in [2.24, 2.45) is 0 Å². The quantitative estimate of drug-likeness (QED) is 0.647. The molecular formula is C10H15NO6S2. The molecular weight excluding hydrogens is 294 g/mol. The first-order valence-electron chi connectivity index (χ1n) is 5.53. The van der Waals surface area contributed by atoms with E-state index >= 15 is 0 Å². The molecule has 0 aliphatic carbocycles. The largest absolute Gasteiger partial charge is 0.480 e. The number of hydrogen-bond acceptors (Lipinski definition) is 5. The van der Waals surface area contributed by atoms with Gasteiger partial charge >= 0.3 is 5.97 Å². The van der Waals surface area contributed by atoms with E-state index in [-0.39, 0.29) is 30.9 Å². The lowest BCUT2D eigenvalue weighted by Gasteiger charge is -2.27. The minimum absolute atomic E-state index is 0.0225. The first kappa shape index (κ1) is 15.9. The van der Waals surface area contributed by atoms with Gasteiger partial charge in [-0.05, 0) is 12.8 Å². The molecule has 1 heterocycles. The maximum absolute atomic E-state index is 12.2. The Balaban J connectivity index is 2.89. The molecule has 0 radical (unpaired) electrons. The highest BCUT2D eigenvalue weighted by atomic mass is 32.2. The monoisotopic (exact) mass is 309 g/mol. The van der Waals surface area contributed by atoms with Gasteiger partial charge in [-0.15, -0.1) is 6.42 Å². The third kappa shape index (κ3) is 4.19. The van der Waals surface area contributed by atoms with E-state index in [0.29, 0.717) is 4.31 Å². The van der Waals surface area contributed by atoms with Gasteiger partial charge in [0.2, 0.25) is 10.0 Å². The van der Waals surface area contributed by atoms with E-state index in [1.54, 1.807) is 0 Å². The summed E-state index contributed by atoms with van der Waals surface area (Å²) in [6.07, 6.45) is 4.98. The van der Waals surface area contributed by atoms with Crippen molar-refractivity contribution in [3.05, 3.63) is 0 Å². The SMILES string of the molecule is C#CCN(CC(=O)O)S(=O)(=O)C1CCS(=O)(=O)CC1. The summed E-state index contributed by atoms with van der Waals surface area (Å²) in [7, 11) is -7.06. The molecule has 0 atom stereocenters. The number of carboxylic acids is 1. The average molecular weight is 309 g/mol. The Morgan fingerprint density at radius 3 is 2.32 bits per heavy atom. The van der Waals surface area contributed by atoms with Crippen molar-refractivity contribution in [3.8, 4) is 12.3 Å². The topological polar surface area (TPSA) is 109 Å². The van der Waals surface area contributed by atoms with Crippen LogP contribution in [0.5, 0.6) is 0 Å². The molecule has 108 valence electrons. The van der Waals surface area contributed by atoms with Crippen molar-refractivity contribution in [1.29, 1.82) is 0 Å². The van der Waals surface area contributed by atoms with Crippen LogP contribution in [-0.2, 0) is 24.7 Å². The number of sulfone groups is 1. The van der Waals surface area contributed by atoms with Crippen molar-refractivity contribution in [2.45, 2.75) is 18.1 Å². The van der Waals surface area contributed by atoms with Crippen molar-refractivity contribution in [2.75, 3.05) is 24.6 Å². The summed E-state index contributed by atoms with van der Waals surface area (Å²) in [5, 5.41) is 7.80. The molecule has 0 unspecified atom stereocenters. The Morgan fingerprint density at radius 2 is 1.89 bits per heavy atom. The summed E-state index contributed by atoms with van der Waals surface area (Å²) in [5.74, 6) is 0.395. The van der Waals surface area contributed by atoms with Crippen LogP contribution in [0.15, 0.2) is 0 Å². The fourth-order valence-electron chi connectivity index (χ4n) is 1.87. The van der Waals surface area contributed by atoms with Crippen LogP contribution in [0.25, 0.3) is 0 Å². The van der Waals surface area contributed by atoms with Crippen LogP contribution in [0.3, 0.4) is 0 Å². The third-order valence-electron chi connectivity index (χ3n) is 2.86. The molecule has 0 bridgehead atoms. The van der Waals surface area contributed by atoms with Crippen molar-refractivity contribution in [1.82, 2.24) is 4.31 Å². The highest BCUT2D eigenvalue weighted by molar-refractivity contribution is 7.92. The van der Waals surface area contributed by atoms with E-state index in [9.17, 15) is 21.6 Å². The lowest BCUT2D eigenvalue weighted by molar-refractivity contribution is -0.137. The second kappa shape index (κ2) is 5.90. The Kier molecular flexibility index (Phi) is 4.95. The Labute approximate surface area is 112 Å². The third-order valence-corrected chi connectivity index (χ3v) is 6.87. The summed E-state index contributed by atoms with van der Waals surface area (Å²) in [6.45, 7) is -1.05. The van der Waals surface area contributed by atoms with Gasteiger partial charge in [-0.2, -0.15) is 4.31 Å². The van der Waals surface area contributed by atoms with Crippen LogP contribution < -0.4 is 0 Å². The smallest absolute Gasteiger partial charge is 0.318 e. The fourth-order valence-corrected chi connectivity index (χ4v) is 5.45. The standard InChI is InChI=1S/C10H15NO6S2/c1-2-5-11(8-10(12)13)19(16,17)9-3-6-18(14,15)7-4-9/h1,9H,3-8H2,(H,12,13). The number of aliphatic carboxylic acids is 1. The zero-order chi connectivity index (χ0) is 14.7. The van der Waals surface area contributed by atoms with Crippen LogP contribution in [0.4, 0.5) is 0 Å². The summed E-state index contributed by atoms with van der Waals surface area (Å²) < 4.78 is 47.6. The van der Waals surface area contributed by atoms with E-state index in [1.807, 2.05) is 0 Å². The van der Waals surface area contributed by atoms with Crippen LogP contribution in [-0.4, -0.2) is 62.1 Å². The predicted molar refractivity (Wildman–Crippen MR) is 68.6 cm³/mol. The van der Waals surface area contributed by atoms with Crippen LogP contribution in [0, 0.1) is 12.3 Å². The van der Waals surface area contributed by atoms with Crippen LogP contribution in [0.2, 0.25) is 0 Å². The minimum atomic E-state index is -3.89.